The lowest BCUT2D eigenvalue weighted by molar-refractivity contribution is -0.142. The van der Waals surface area contributed by atoms with E-state index in [4.69, 9.17) is 5.11 Å². The van der Waals surface area contributed by atoms with Crippen LogP contribution in [0.25, 0.3) is 0 Å². The number of nitrogens with zero attached hydrogens (tertiary/aromatic N) is 1. The highest BCUT2D eigenvalue weighted by Gasteiger charge is 2.37. The van der Waals surface area contributed by atoms with Crippen molar-refractivity contribution in [3.63, 3.8) is 0 Å². The Kier molecular flexibility index (Phi) is 3.85. The molecule has 1 heterocycles. The predicted octanol–water partition coefficient (Wildman–Crippen LogP) is 2.68. The zero-order chi connectivity index (χ0) is 14.2. The first-order valence-electron chi connectivity index (χ1n) is 6.32. The van der Waals surface area contributed by atoms with Gasteiger partial charge in [-0.3, -0.25) is 9.69 Å². The van der Waals surface area contributed by atoms with E-state index in [1.807, 2.05) is 11.8 Å². The van der Waals surface area contributed by atoms with Crippen molar-refractivity contribution in [3.05, 3.63) is 35.4 Å². The highest BCUT2D eigenvalue weighted by atomic mass is 19.2. The molecule has 0 amide bonds. The lowest BCUT2D eigenvalue weighted by Gasteiger charge is -2.25. The molecule has 0 aromatic heterocycles. The van der Waals surface area contributed by atoms with Crippen LogP contribution in [0.4, 0.5) is 8.78 Å². The van der Waals surface area contributed by atoms with Gasteiger partial charge in [-0.15, -0.1) is 0 Å². The molecule has 5 heteroatoms. The van der Waals surface area contributed by atoms with Crippen LogP contribution in [-0.4, -0.2) is 29.1 Å². The molecule has 1 fully saturated rings. The molecular formula is C14H17F2NO2. The minimum atomic E-state index is -0.869. The van der Waals surface area contributed by atoms with Crippen molar-refractivity contribution in [2.75, 3.05) is 13.1 Å². The summed E-state index contributed by atoms with van der Waals surface area (Å²) in [4.78, 5) is 13.0. The van der Waals surface area contributed by atoms with Crippen molar-refractivity contribution >= 4 is 5.97 Å². The van der Waals surface area contributed by atoms with E-state index in [2.05, 4.69) is 0 Å². The number of halogens is 2. The van der Waals surface area contributed by atoms with Gasteiger partial charge in [0.25, 0.3) is 0 Å². The van der Waals surface area contributed by atoms with Gasteiger partial charge in [-0.25, -0.2) is 8.78 Å². The van der Waals surface area contributed by atoms with Crippen molar-refractivity contribution in [2.24, 2.45) is 11.8 Å². The van der Waals surface area contributed by atoms with Crippen molar-refractivity contribution in [3.8, 4) is 0 Å². The van der Waals surface area contributed by atoms with E-state index >= 15 is 0 Å². The van der Waals surface area contributed by atoms with Crippen LogP contribution in [0, 0.1) is 23.5 Å². The largest absolute Gasteiger partial charge is 0.481 e. The number of carbonyl (C=O) groups is 1. The SMILES string of the molecule is CC1CN(C(C)c2cccc(F)c2F)CC1C(=O)O. The minimum Gasteiger partial charge on any atom is -0.481 e. The zero-order valence-electron chi connectivity index (χ0n) is 10.9. The molecule has 0 spiro atoms. The molecule has 1 N–H and O–H groups in total. The molecule has 19 heavy (non-hydrogen) atoms. The van der Waals surface area contributed by atoms with E-state index in [0.29, 0.717) is 13.1 Å². The summed E-state index contributed by atoms with van der Waals surface area (Å²) in [6, 6.07) is 3.76. The number of aliphatic carboxylic acids is 1. The van der Waals surface area contributed by atoms with Crippen LogP contribution in [0.15, 0.2) is 18.2 Å². The average Bonchev–Trinajstić information content (AvgIpc) is 2.74. The number of rotatable bonds is 3. The molecule has 0 aliphatic carbocycles. The Balaban J connectivity index is 2.19. The first-order chi connectivity index (χ1) is 8.91. The molecule has 0 bridgehead atoms. The maximum atomic E-state index is 13.7. The van der Waals surface area contributed by atoms with Gasteiger partial charge in [0, 0.05) is 24.7 Å². The summed E-state index contributed by atoms with van der Waals surface area (Å²) in [7, 11) is 0. The second kappa shape index (κ2) is 5.25. The summed E-state index contributed by atoms with van der Waals surface area (Å²) in [6.45, 7) is 4.59. The molecule has 0 saturated carbocycles. The highest BCUT2D eigenvalue weighted by Crippen LogP contribution is 2.32. The summed E-state index contributed by atoms with van der Waals surface area (Å²) in [5, 5.41) is 9.09. The summed E-state index contributed by atoms with van der Waals surface area (Å²) in [5.41, 5.74) is 0.276. The highest BCUT2D eigenvalue weighted by molar-refractivity contribution is 5.71. The van der Waals surface area contributed by atoms with E-state index < -0.39 is 23.5 Å². The average molecular weight is 269 g/mol. The standard InChI is InChI=1S/C14H17F2NO2/c1-8-6-17(7-11(8)14(18)19)9(2)10-4-3-5-12(15)13(10)16/h3-5,8-9,11H,6-7H2,1-2H3,(H,18,19). The Morgan fingerprint density at radius 1 is 1.42 bits per heavy atom. The monoisotopic (exact) mass is 269 g/mol. The molecule has 3 unspecified atom stereocenters. The zero-order valence-corrected chi connectivity index (χ0v) is 10.9. The van der Waals surface area contributed by atoms with Gasteiger partial charge in [0.1, 0.15) is 0 Å². The van der Waals surface area contributed by atoms with Gasteiger partial charge in [-0.2, -0.15) is 0 Å². The maximum Gasteiger partial charge on any atom is 0.308 e. The second-order valence-corrected chi connectivity index (χ2v) is 5.19. The van der Waals surface area contributed by atoms with E-state index in [9.17, 15) is 13.6 Å². The van der Waals surface area contributed by atoms with E-state index in [0.717, 1.165) is 6.07 Å². The Bertz CT molecular complexity index is 492. The van der Waals surface area contributed by atoms with Gasteiger partial charge in [-0.05, 0) is 18.9 Å². The number of likely N-dealkylation sites (tertiary alicyclic amines) is 1. The molecule has 104 valence electrons. The third-order valence-electron chi connectivity index (χ3n) is 3.94. The molecular weight excluding hydrogens is 252 g/mol. The normalized spacial score (nSPS) is 25.5. The summed E-state index contributed by atoms with van der Waals surface area (Å²) < 4.78 is 27.0. The van der Waals surface area contributed by atoms with Crippen LogP contribution in [0.2, 0.25) is 0 Å². The second-order valence-electron chi connectivity index (χ2n) is 5.19. The summed E-state index contributed by atoms with van der Waals surface area (Å²) in [6.07, 6.45) is 0. The Labute approximate surface area is 110 Å². The molecule has 1 aliphatic heterocycles. The third-order valence-corrected chi connectivity index (χ3v) is 3.94. The van der Waals surface area contributed by atoms with E-state index in [-0.39, 0.29) is 17.5 Å². The molecule has 1 saturated heterocycles. The fourth-order valence-electron chi connectivity index (χ4n) is 2.68. The van der Waals surface area contributed by atoms with Gasteiger partial charge < -0.3 is 5.11 Å². The predicted molar refractivity (Wildman–Crippen MR) is 66.6 cm³/mol. The number of carboxylic acid groups (broad SMARTS) is 1. The van der Waals surface area contributed by atoms with Gasteiger partial charge >= 0.3 is 5.97 Å². The van der Waals surface area contributed by atoms with Crippen LogP contribution in [-0.2, 0) is 4.79 Å². The molecule has 1 aromatic rings. The Morgan fingerprint density at radius 3 is 2.68 bits per heavy atom. The number of benzene rings is 1. The molecule has 1 aromatic carbocycles. The maximum absolute atomic E-state index is 13.7. The molecule has 3 nitrogen and oxygen atoms in total. The van der Waals surface area contributed by atoms with Crippen LogP contribution >= 0.6 is 0 Å². The number of carboxylic acids is 1. The van der Waals surface area contributed by atoms with Gasteiger partial charge in [0.15, 0.2) is 11.6 Å². The Hall–Kier alpha value is -1.49. The minimum absolute atomic E-state index is 0.0107. The van der Waals surface area contributed by atoms with E-state index in [1.165, 1.54) is 6.07 Å². The lowest BCUT2D eigenvalue weighted by Crippen LogP contribution is -2.27. The summed E-state index contributed by atoms with van der Waals surface area (Å²) in [5.74, 6) is -2.98. The molecule has 1 aliphatic rings. The molecule has 2 rings (SSSR count). The van der Waals surface area contributed by atoms with Gasteiger partial charge in [0.2, 0.25) is 0 Å². The van der Waals surface area contributed by atoms with Crippen molar-refractivity contribution in [1.82, 2.24) is 4.90 Å². The lowest BCUT2D eigenvalue weighted by atomic mass is 9.99. The van der Waals surface area contributed by atoms with Gasteiger partial charge in [0.05, 0.1) is 5.92 Å². The van der Waals surface area contributed by atoms with Crippen LogP contribution in [0.5, 0.6) is 0 Å². The Morgan fingerprint density at radius 2 is 2.11 bits per heavy atom. The van der Waals surface area contributed by atoms with Gasteiger partial charge in [-0.1, -0.05) is 19.1 Å². The van der Waals surface area contributed by atoms with E-state index in [1.54, 1.807) is 13.0 Å². The van der Waals surface area contributed by atoms with Crippen LogP contribution in [0.1, 0.15) is 25.5 Å². The van der Waals surface area contributed by atoms with Crippen molar-refractivity contribution < 1.29 is 18.7 Å². The third kappa shape index (κ3) is 2.61. The van der Waals surface area contributed by atoms with Crippen molar-refractivity contribution in [2.45, 2.75) is 19.9 Å². The fourth-order valence-corrected chi connectivity index (χ4v) is 2.68. The van der Waals surface area contributed by atoms with Crippen LogP contribution in [0.3, 0.4) is 0 Å². The topological polar surface area (TPSA) is 40.5 Å². The number of hydrogen-bond donors (Lipinski definition) is 1. The summed E-state index contributed by atoms with van der Waals surface area (Å²) >= 11 is 0. The molecule has 0 radical (unpaired) electrons. The fraction of sp³-hybridized carbons (Fsp3) is 0.500. The van der Waals surface area contributed by atoms with Crippen LogP contribution < -0.4 is 0 Å². The smallest absolute Gasteiger partial charge is 0.308 e. The quantitative estimate of drug-likeness (QED) is 0.917. The van der Waals surface area contributed by atoms with Crippen molar-refractivity contribution in [1.29, 1.82) is 0 Å². The first kappa shape index (κ1) is 13.9. The first-order valence-corrected chi connectivity index (χ1v) is 6.32. The number of hydrogen-bond acceptors (Lipinski definition) is 2. The molecule has 3 atom stereocenters.